The zero-order valence-corrected chi connectivity index (χ0v) is 13.8. The fourth-order valence-corrected chi connectivity index (χ4v) is 4.16. The molecule has 1 aromatic carbocycles. The average Bonchev–Trinajstić information content (AvgIpc) is 2.99. The van der Waals surface area contributed by atoms with Gasteiger partial charge in [-0.3, -0.25) is 4.40 Å². The van der Waals surface area contributed by atoms with Crippen molar-refractivity contribution in [3.63, 3.8) is 0 Å². The molecule has 3 heterocycles. The Hall–Kier alpha value is -2.04. The number of hydrogen-bond acceptors (Lipinski definition) is 3. The Balaban J connectivity index is 2.14. The van der Waals surface area contributed by atoms with Crippen molar-refractivity contribution in [2.45, 2.75) is 13.8 Å². The van der Waals surface area contributed by atoms with Crippen LogP contribution in [0.4, 0.5) is 5.82 Å². The first-order valence-electron chi connectivity index (χ1n) is 6.99. The number of nitrogen functional groups attached to an aromatic ring is 1. The second kappa shape index (κ2) is 4.73. The van der Waals surface area contributed by atoms with Crippen LogP contribution in [0.15, 0.2) is 36.4 Å². The molecule has 0 saturated heterocycles. The molecular weight excluding hydrogens is 314 g/mol. The van der Waals surface area contributed by atoms with E-state index in [1.807, 2.05) is 29.5 Å². The molecule has 0 aliphatic carbocycles. The second-order valence-corrected chi connectivity index (χ2v) is 7.29. The summed E-state index contributed by atoms with van der Waals surface area (Å²) in [6.45, 7) is 4.09. The Morgan fingerprint density at radius 3 is 2.68 bits per heavy atom. The van der Waals surface area contributed by atoms with Gasteiger partial charge in [-0.15, -0.1) is 11.3 Å². The summed E-state index contributed by atoms with van der Waals surface area (Å²) in [7, 11) is 0. The van der Waals surface area contributed by atoms with Crippen molar-refractivity contribution in [1.82, 2.24) is 9.38 Å². The van der Waals surface area contributed by atoms with Gasteiger partial charge in [-0.1, -0.05) is 35.9 Å². The second-order valence-electron chi connectivity index (χ2n) is 5.40. The number of rotatable bonds is 1. The number of aryl methyl sites for hydroxylation is 2. The van der Waals surface area contributed by atoms with E-state index in [-0.39, 0.29) is 0 Å². The van der Waals surface area contributed by atoms with Crippen LogP contribution < -0.4 is 5.73 Å². The molecule has 0 bridgehead atoms. The Morgan fingerprint density at radius 2 is 1.95 bits per heavy atom. The van der Waals surface area contributed by atoms with Gasteiger partial charge in [0.05, 0.1) is 4.34 Å². The maximum atomic E-state index is 6.40. The Kier molecular flexibility index (Phi) is 2.93. The summed E-state index contributed by atoms with van der Waals surface area (Å²) in [5.41, 5.74) is 10.2. The molecule has 0 spiro atoms. The molecule has 2 N–H and O–H groups in total. The fraction of sp³-hybridized carbons (Fsp3) is 0.118. The minimum atomic E-state index is 0.663. The lowest BCUT2D eigenvalue weighted by atomic mass is 10.1. The van der Waals surface area contributed by atoms with Crippen molar-refractivity contribution >= 4 is 45.2 Å². The van der Waals surface area contributed by atoms with E-state index in [0.29, 0.717) is 5.82 Å². The van der Waals surface area contributed by atoms with E-state index in [1.165, 1.54) is 5.39 Å². The molecule has 0 fully saturated rings. The van der Waals surface area contributed by atoms with Crippen LogP contribution in [0.25, 0.3) is 27.7 Å². The van der Waals surface area contributed by atoms with Crippen LogP contribution >= 0.6 is 22.9 Å². The van der Waals surface area contributed by atoms with E-state index in [0.717, 1.165) is 37.2 Å². The van der Waals surface area contributed by atoms with E-state index in [2.05, 4.69) is 25.1 Å². The van der Waals surface area contributed by atoms with E-state index in [9.17, 15) is 0 Å². The highest BCUT2D eigenvalue weighted by atomic mass is 35.5. The molecule has 0 aliphatic heterocycles. The van der Waals surface area contributed by atoms with Crippen LogP contribution in [0.3, 0.4) is 0 Å². The third-order valence-electron chi connectivity index (χ3n) is 3.97. The van der Waals surface area contributed by atoms with E-state index < -0.39 is 0 Å². The molecule has 0 atom stereocenters. The third-order valence-corrected chi connectivity index (χ3v) is 5.15. The number of benzene rings is 1. The number of halogens is 1. The highest BCUT2D eigenvalue weighted by Crippen LogP contribution is 2.37. The van der Waals surface area contributed by atoms with Crippen molar-refractivity contribution in [2.24, 2.45) is 0 Å². The van der Waals surface area contributed by atoms with Gasteiger partial charge in [0.15, 0.2) is 0 Å². The molecule has 0 radical (unpaired) electrons. The minimum absolute atomic E-state index is 0.663. The molecule has 3 aromatic heterocycles. The number of hydrogen-bond donors (Lipinski definition) is 1. The molecular formula is C17H14ClN3S. The van der Waals surface area contributed by atoms with Crippen molar-refractivity contribution in [1.29, 1.82) is 0 Å². The van der Waals surface area contributed by atoms with Crippen molar-refractivity contribution in [3.8, 4) is 11.3 Å². The van der Waals surface area contributed by atoms with Crippen LogP contribution in [-0.2, 0) is 0 Å². The van der Waals surface area contributed by atoms with Gasteiger partial charge < -0.3 is 5.73 Å². The maximum absolute atomic E-state index is 6.40. The first kappa shape index (κ1) is 13.6. The van der Waals surface area contributed by atoms with Gasteiger partial charge in [-0.25, -0.2) is 4.98 Å². The number of thiophene rings is 1. The average molecular weight is 328 g/mol. The maximum Gasteiger partial charge on any atom is 0.147 e. The lowest BCUT2D eigenvalue weighted by Crippen LogP contribution is -1.98. The molecule has 4 rings (SSSR count). The summed E-state index contributed by atoms with van der Waals surface area (Å²) >= 11 is 7.69. The largest absolute Gasteiger partial charge is 0.383 e. The van der Waals surface area contributed by atoms with Gasteiger partial charge in [0, 0.05) is 21.5 Å². The van der Waals surface area contributed by atoms with Gasteiger partial charge in [-0.2, -0.15) is 0 Å². The van der Waals surface area contributed by atoms with Gasteiger partial charge in [-0.05, 0) is 31.4 Å². The minimum Gasteiger partial charge on any atom is -0.383 e. The summed E-state index contributed by atoms with van der Waals surface area (Å²) in [6.07, 6.45) is 0. The van der Waals surface area contributed by atoms with Crippen molar-refractivity contribution in [2.75, 3.05) is 5.73 Å². The quantitative estimate of drug-likeness (QED) is 0.530. The summed E-state index contributed by atoms with van der Waals surface area (Å²) in [5, 5.41) is 2.27. The number of fused-ring (bicyclic) bond motifs is 3. The Labute approximate surface area is 137 Å². The lowest BCUT2D eigenvalue weighted by molar-refractivity contribution is 1.12. The van der Waals surface area contributed by atoms with Crippen molar-refractivity contribution < 1.29 is 0 Å². The molecule has 0 amide bonds. The zero-order chi connectivity index (χ0) is 15.4. The fourth-order valence-electron chi connectivity index (χ4n) is 2.97. The van der Waals surface area contributed by atoms with E-state index >= 15 is 0 Å². The summed E-state index contributed by atoms with van der Waals surface area (Å²) < 4.78 is 2.77. The normalized spacial score (nSPS) is 11.6. The Morgan fingerprint density at radius 1 is 1.18 bits per heavy atom. The predicted octanol–water partition coefficient (Wildman–Crippen LogP) is 5.07. The molecule has 3 nitrogen and oxygen atoms in total. The van der Waals surface area contributed by atoms with Gasteiger partial charge in [0.2, 0.25) is 0 Å². The number of nitrogens with zero attached hydrogens (tertiary/aromatic N) is 2. The number of nitrogens with two attached hydrogens (primary N) is 1. The number of aromatic nitrogens is 2. The SMILES string of the molecule is Cc1sc(Cl)cc1-c1nc2c3ccccc3cc(C)n2c1N. The van der Waals surface area contributed by atoms with Crippen LogP contribution in [0.2, 0.25) is 4.34 Å². The first-order valence-corrected chi connectivity index (χ1v) is 8.18. The van der Waals surface area contributed by atoms with Gasteiger partial charge in [0.1, 0.15) is 17.2 Å². The lowest BCUT2D eigenvalue weighted by Gasteiger charge is -2.06. The van der Waals surface area contributed by atoms with E-state index in [1.54, 1.807) is 11.3 Å². The summed E-state index contributed by atoms with van der Waals surface area (Å²) in [6, 6.07) is 12.3. The number of anilines is 1. The van der Waals surface area contributed by atoms with Gasteiger partial charge >= 0.3 is 0 Å². The molecule has 110 valence electrons. The zero-order valence-electron chi connectivity index (χ0n) is 12.2. The summed E-state index contributed by atoms with van der Waals surface area (Å²) in [5.74, 6) is 0.663. The topological polar surface area (TPSA) is 43.3 Å². The van der Waals surface area contributed by atoms with E-state index in [4.69, 9.17) is 22.3 Å². The van der Waals surface area contributed by atoms with Crippen LogP contribution in [0, 0.1) is 13.8 Å². The summed E-state index contributed by atoms with van der Waals surface area (Å²) in [4.78, 5) is 5.96. The molecule has 4 aromatic rings. The first-order chi connectivity index (χ1) is 10.6. The van der Waals surface area contributed by atoms with Crippen LogP contribution in [-0.4, -0.2) is 9.38 Å². The van der Waals surface area contributed by atoms with Crippen molar-refractivity contribution in [3.05, 3.63) is 51.3 Å². The number of pyridine rings is 1. The highest BCUT2D eigenvalue weighted by Gasteiger charge is 2.18. The number of imidazole rings is 1. The smallest absolute Gasteiger partial charge is 0.147 e. The molecule has 0 aliphatic rings. The molecule has 0 unspecified atom stereocenters. The highest BCUT2D eigenvalue weighted by molar-refractivity contribution is 7.16. The third kappa shape index (κ3) is 1.84. The standard InChI is InChI=1S/C17H14ClN3S/c1-9-7-11-5-3-4-6-12(11)17-20-15(16(19)21(9)17)13-8-14(18)22-10(13)2/h3-8H,19H2,1-2H3. The molecule has 0 saturated carbocycles. The monoisotopic (exact) mass is 327 g/mol. The molecule has 22 heavy (non-hydrogen) atoms. The predicted molar refractivity (Wildman–Crippen MR) is 94.9 cm³/mol. The van der Waals surface area contributed by atoms with Gasteiger partial charge in [0.25, 0.3) is 0 Å². The van der Waals surface area contributed by atoms with Crippen LogP contribution in [0.5, 0.6) is 0 Å². The Bertz CT molecular complexity index is 1030. The van der Waals surface area contributed by atoms with Crippen LogP contribution in [0.1, 0.15) is 10.6 Å². The molecule has 5 heteroatoms.